The smallest absolute Gasteiger partial charge is 0.258 e. The predicted molar refractivity (Wildman–Crippen MR) is 112 cm³/mol. The third-order valence-corrected chi connectivity index (χ3v) is 4.66. The van der Waals surface area contributed by atoms with Crippen molar-refractivity contribution in [2.75, 3.05) is 19.7 Å². The first kappa shape index (κ1) is 21.5. The van der Waals surface area contributed by atoms with Gasteiger partial charge in [-0.25, -0.2) is 0 Å². The molecule has 2 aromatic carbocycles. The average Bonchev–Trinajstić information content (AvgIpc) is 2.65. The summed E-state index contributed by atoms with van der Waals surface area (Å²) in [5.41, 5.74) is 3.99. The van der Waals surface area contributed by atoms with E-state index in [1.165, 1.54) is 5.56 Å². The first-order valence-corrected chi connectivity index (χ1v) is 9.53. The fourth-order valence-electron chi connectivity index (χ4n) is 2.68. The summed E-state index contributed by atoms with van der Waals surface area (Å²) in [5.74, 6) is 0.341. The second-order valence-electron chi connectivity index (χ2n) is 7.92. The Morgan fingerprint density at radius 1 is 0.929 bits per heavy atom. The van der Waals surface area contributed by atoms with Gasteiger partial charge in [-0.3, -0.25) is 9.59 Å². The van der Waals surface area contributed by atoms with E-state index in [1.54, 1.807) is 0 Å². The Balaban J connectivity index is 1.71. The number of nitrogens with one attached hydrogen (secondary N) is 2. The lowest BCUT2D eigenvalue weighted by Crippen LogP contribution is -2.36. The van der Waals surface area contributed by atoms with Crippen molar-refractivity contribution in [3.05, 3.63) is 64.7 Å². The Labute approximate surface area is 167 Å². The van der Waals surface area contributed by atoms with Crippen LogP contribution in [0.1, 0.15) is 47.8 Å². The third-order valence-electron chi connectivity index (χ3n) is 4.66. The highest BCUT2D eigenvalue weighted by Gasteiger charge is 2.14. The van der Waals surface area contributed by atoms with Crippen LogP contribution in [0.15, 0.2) is 42.5 Å². The molecular weight excluding hydrogens is 352 g/mol. The van der Waals surface area contributed by atoms with Gasteiger partial charge >= 0.3 is 0 Å². The molecule has 0 saturated carbocycles. The molecule has 5 heteroatoms. The zero-order chi connectivity index (χ0) is 20.7. The van der Waals surface area contributed by atoms with Crippen molar-refractivity contribution in [2.45, 2.75) is 40.0 Å². The van der Waals surface area contributed by atoms with Gasteiger partial charge in [0.05, 0.1) is 0 Å². The van der Waals surface area contributed by atoms with Gasteiger partial charge in [-0.05, 0) is 54.2 Å². The van der Waals surface area contributed by atoms with Crippen LogP contribution in [0.2, 0.25) is 0 Å². The van der Waals surface area contributed by atoms with Gasteiger partial charge in [0.15, 0.2) is 6.61 Å². The second kappa shape index (κ2) is 9.40. The van der Waals surface area contributed by atoms with E-state index in [4.69, 9.17) is 4.74 Å². The summed E-state index contributed by atoms with van der Waals surface area (Å²) < 4.78 is 5.57. The molecule has 5 nitrogen and oxygen atoms in total. The Morgan fingerprint density at radius 3 is 2.21 bits per heavy atom. The molecule has 0 bridgehead atoms. The first-order chi connectivity index (χ1) is 13.2. The number of carbonyl (C=O) groups is 2. The Morgan fingerprint density at radius 2 is 1.57 bits per heavy atom. The minimum absolute atomic E-state index is 0.0491. The first-order valence-electron chi connectivity index (χ1n) is 9.53. The van der Waals surface area contributed by atoms with Gasteiger partial charge in [0.2, 0.25) is 0 Å². The van der Waals surface area contributed by atoms with E-state index in [9.17, 15) is 9.59 Å². The normalized spacial score (nSPS) is 11.0. The molecule has 0 heterocycles. The highest BCUT2D eigenvalue weighted by Crippen LogP contribution is 2.22. The molecule has 0 saturated heterocycles. The van der Waals surface area contributed by atoms with E-state index in [2.05, 4.69) is 31.4 Å². The lowest BCUT2D eigenvalue weighted by molar-refractivity contribution is -0.123. The van der Waals surface area contributed by atoms with Gasteiger partial charge < -0.3 is 15.4 Å². The molecule has 0 aliphatic rings. The van der Waals surface area contributed by atoms with Crippen molar-refractivity contribution in [3.8, 4) is 5.75 Å². The second-order valence-corrected chi connectivity index (χ2v) is 7.92. The van der Waals surface area contributed by atoms with Gasteiger partial charge in [0.1, 0.15) is 5.75 Å². The predicted octanol–water partition coefficient (Wildman–Crippen LogP) is 3.53. The topological polar surface area (TPSA) is 67.4 Å². The maximum atomic E-state index is 12.2. The number of hydrogen-bond acceptors (Lipinski definition) is 3. The molecule has 2 N–H and O–H groups in total. The van der Waals surface area contributed by atoms with E-state index < -0.39 is 0 Å². The van der Waals surface area contributed by atoms with E-state index >= 15 is 0 Å². The van der Waals surface area contributed by atoms with Crippen LogP contribution in [-0.4, -0.2) is 31.5 Å². The molecule has 0 fully saturated rings. The lowest BCUT2D eigenvalue weighted by Gasteiger charge is -2.19. The molecule has 0 unspecified atom stereocenters. The summed E-state index contributed by atoms with van der Waals surface area (Å²) in [4.78, 5) is 24.1. The van der Waals surface area contributed by atoms with Gasteiger partial charge in [-0.15, -0.1) is 0 Å². The maximum Gasteiger partial charge on any atom is 0.258 e. The van der Waals surface area contributed by atoms with Gasteiger partial charge in [0, 0.05) is 18.7 Å². The van der Waals surface area contributed by atoms with Crippen LogP contribution < -0.4 is 15.4 Å². The maximum absolute atomic E-state index is 12.2. The van der Waals surface area contributed by atoms with Crippen molar-refractivity contribution < 1.29 is 14.3 Å². The molecule has 0 aromatic heterocycles. The molecule has 0 radical (unpaired) electrons. The summed E-state index contributed by atoms with van der Waals surface area (Å²) in [6.45, 7) is 11.0. The van der Waals surface area contributed by atoms with Crippen LogP contribution in [0.3, 0.4) is 0 Å². The third kappa shape index (κ3) is 6.12. The van der Waals surface area contributed by atoms with Crippen LogP contribution >= 0.6 is 0 Å². The molecule has 0 aliphatic carbocycles. The van der Waals surface area contributed by atoms with Crippen molar-refractivity contribution in [1.82, 2.24) is 10.6 Å². The average molecular weight is 383 g/mol. The molecule has 2 amide bonds. The SMILES string of the molecule is Cc1cccc(OCC(=O)NCCNC(=O)c2ccc(C(C)(C)C)cc2)c1C. The van der Waals surface area contributed by atoms with Crippen molar-refractivity contribution in [1.29, 1.82) is 0 Å². The summed E-state index contributed by atoms with van der Waals surface area (Å²) in [6.07, 6.45) is 0. The zero-order valence-electron chi connectivity index (χ0n) is 17.4. The fraction of sp³-hybridized carbons (Fsp3) is 0.391. The van der Waals surface area contributed by atoms with E-state index in [-0.39, 0.29) is 23.8 Å². The van der Waals surface area contributed by atoms with Crippen LogP contribution in [0, 0.1) is 13.8 Å². The van der Waals surface area contributed by atoms with E-state index in [1.807, 2.05) is 56.3 Å². The van der Waals surface area contributed by atoms with Crippen LogP contribution in [0.25, 0.3) is 0 Å². The van der Waals surface area contributed by atoms with Crippen molar-refractivity contribution in [3.63, 3.8) is 0 Å². The number of rotatable bonds is 7. The van der Waals surface area contributed by atoms with Crippen molar-refractivity contribution >= 4 is 11.8 Å². The van der Waals surface area contributed by atoms with Crippen LogP contribution in [-0.2, 0) is 10.2 Å². The molecule has 2 rings (SSSR count). The van der Waals surface area contributed by atoms with Gasteiger partial charge in [0.25, 0.3) is 11.8 Å². The van der Waals surface area contributed by atoms with E-state index in [0.717, 1.165) is 11.1 Å². The molecule has 2 aromatic rings. The largest absolute Gasteiger partial charge is 0.483 e. The Kier molecular flexibility index (Phi) is 7.21. The molecule has 150 valence electrons. The fourth-order valence-corrected chi connectivity index (χ4v) is 2.68. The van der Waals surface area contributed by atoms with Gasteiger partial charge in [-0.2, -0.15) is 0 Å². The number of ether oxygens (including phenoxy) is 1. The molecule has 0 aliphatic heterocycles. The summed E-state index contributed by atoms with van der Waals surface area (Å²) in [7, 11) is 0. The molecule has 0 spiro atoms. The minimum Gasteiger partial charge on any atom is -0.483 e. The number of carbonyl (C=O) groups excluding carboxylic acids is 2. The monoisotopic (exact) mass is 382 g/mol. The Hall–Kier alpha value is -2.82. The summed E-state index contributed by atoms with van der Waals surface area (Å²) >= 11 is 0. The quantitative estimate of drug-likeness (QED) is 0.720. The van der Waals surface area contributed by atoms with Gasteiger partial charge in [-0.1, -0.05) is 45.0 Å². The van der Waals surface area contributed by atoms with Crippen LogP contribution in [0.5, 0.6) is 5.75 Å². The minimum atomic E-state index is -0.218. The standard InChI is InChI=1S/C23H30N2O3/c1-16-7-6-8-20(17(16)2)28-15-21(26)24-13-14-25-22(27)18-9-11-19(12-10-18)23(3,4)5/h6-12H,13-15H2,1-5H3,(H,24,26)(H,25,27). The summed E-state index contributed by atoms with van der Waals surface area (Å²) in [6, 6.07) is 13.4. The highest BCUT2D eigenvalue weighted by atomic mass is 16.5. The number of amides is 2. The van der Waals surface area contributed by atoms with Crippen LogP contribution in [0.4, 0.5) is 0 Å². The highest BCUT2D eigenvalue weighted by molar-refractivity contribution is 5.94. The molecule has 0 atom stereocenters. The Bertz CT molecular complexity index is 821. The summed E-state index contributed by atoms with van der Waals surface area (Å²) in [5, 5.41) is 5.55. The number of hydrogen-bond donors (Lipinski definition) is 2. The lowest BCUT2D eigenvalue weighted by atomic mass is 9.87. The zero-order valence-corrected chi connectivity index (χ0v) is 17.4. The molecule has 28 heavy (non-hydrogen) atoms. The number of benzene rings is 2. The number of aryl methyl sites for hydroxylation is 1. The van der Waals surface area contributed by atoms with E-state index in [0.29, 0.717) is 24.4 Å². The molecular formula is C23H30N2O3. The van der Waals surface area contributed by atoms with Crippen molar-refractivity contribution in [2.24, 2.45) is 0 Å².